The third-order valence-electron chi connectivity index (χ3n) is 3.55. The monoisotopic (exact) mass is 307 g/mol. The third kappa shape index (κ3) is 4.27. The van der Waals surface area contributed by atoms with Gasteiger partial charge in [-0.25, -0.2) is 0 Å². The van der Waals surface area contributed by atoms with Gasteiger partial charge in [0.2, 0.25) is 0 Å². The van der Waals surface area contributed by atoms with Crippen LogP contribution in [0.2, 0.25) is 0 Å². The average Bonchev–Trinajstić information content (AvgIpc) is 2.92. The molecule has 0 aliphatic rings. The molecule has 2 rings (SSSR count). The lowest BCUT2D eigenvalue weighted by Gasteiger charge is -2.24. The molecule has 0 radical (unpaired) electrons. The SMILES string of the molecule is C[C@@H](Cc1ccsc1)N(C)Cc1ccc([S@](C)=O)cc1. The van der Waals surface area contributed by atoms with Crippen LogP contribution >= 0.6 is 11.3 Å². The van der Waals surface area contributed by atoms with Gasteiger partial charge in [-0.2, -0.15) is 11.3 Å². The van der Waals surface area contributed by atoms with Gasteiger partial charge in [-0.1, -0.05) is 12.1 Å². The fraction of sp³-hybridized carbons (Fsp3) is 0.375. The van der Waals surface area contributed by atoms with E-state index in [9.17, 15) is 4.21 Å². The number of thiophene rings is 1. The number of benzene rings is 1. The van der Waals surface area contributed by atoms with Gasteiger partial charge in [-0.15, -0.1) is 0 Å². The summed E-state index contributed by atoms with van der Waals surface area (Å²) in [4.78, 5) is 3.25. The Hall–Kier alpha value is -0.970. The smallest absolute Gasteiger partial charge is 0.0498 e. The Morgan fingerprint density at radius 1 is 1.20 bits per heavy atom. The predicted molar refractivity (Wildman–Crippen MR) is 87.7 cm³/mol. The molecule has 2 atom stereocenters. The van der Waals surface area contributed by atoms with Crippen molar-refractivity contribution >= 4 is 22.1 Å². The Morgan fingerprint density at radius 3 is 2.45 bits per heavy atom. The summed E-state index contributed by atoms with van der Waals surface area (Å²) in [6.45, 7) is 3.18. The first-order valence-electron chi connectivity index (χ1n) is 6.70. The van der Waals surface area contributed by atoms with Crippen molar-refractivity contribution in [2.45, 2.75) is 30.8 Å². The molecule has 1 aromatic heterocycles. The number of hydrogen-bond acceptors (Lipinski definition) is 3. The maximum Gasteiger partial charge on any atom is 0.0498 e. The van der Waals surface area contributed by atoms with Crippen LogP contribution in [0.25, 0.3) is 0 Å². The topological polar surface area (TPSA) is 20.3 Å². The van der Waals surface area contributed by atoms with E-state index in [0.717, 1.165) is 17.9 Å². The Morgan fingerprint density at radius 2 is 1.90 bits per heavy atom. The summed E-state index contributed by atoms with van der Waals surface area (Å²) in [6, 6.07) is 10.8. The van der Waals surface area contributed by atoms with E-state index in [4.69, 9.17) is 0 Å². The Bertz CT molecular complexity index is 548. The van der Waals surface area contributed by atoms with Crippen LogP contribution in [0.15, 0.2) is 46.0 Å². The lowest BCUT2D eigenvalue weighted by atomic mass is 10.1. The van der Waals surface area contributed by atoms with Crippen LogP contribution in [-0.2, 0) is 23.8 Å². The van der Waals surface area contributed by atoms with Crippen molar-refractivity contribution in [3.05, 3.63) is 52.2 Å². The van der Waals surface area contributed by atoms with E-state index in [1.807, 2.05) is 12.1 Å². The van der Waals surface area contributed by atoms with Gasteiger partial charge in [0, 0.05) is 34.5 Å². The molecule has 0 saturated heterocycles. The van der Waals surface area contributed by atoms with Crippen molar-refractivity contribution in [1.82, 2.24) is 4.90 Å². The minimum atomic E-state index is -0.893. The van der Waals surface area contributed by atoms with E-state index >= 15 is 0 Å². The van der Waals surface area contributed by atoms with Gasteiger partial charge in [-0.3, -0.25) is 9.11 Å². The van der Waals surface area contributed by atoms with Crippen molar-refractivity contribution in [2.75, 3.05) is 13.3 Å². The van der Waals surface area contributed by atoms with Crippen molar-refractivity contribution in [1.29, 1.82) is 0 Å². The van der Waals surface area contributed by atoms with E-state index in [1.54, 1.807) is 17.6 Å². The summed E-state index contributed by atoms with van der Waals surface area (Å²) in [6.07, 6.45) is 2.79. The minimum absolute atomic E-state index is 0.504. The molecule has 2 aromatic rings. The first-order valence-corrected chi connectivity index (χ1v) is 9.20. The van der Waals surface area contributed by atoms with Crippen LogP contribution < -0.4 is 0 Å². The highest BCUT2D eigenvalue weighted by Crippen LogP contribution is 2.14. The van der Waals surface area contributed by atoms with Gasteiger partial charge in [0.05, 0.1) is 0 Å². The molecule has 1 heterocycles. The van der Waals surface area contributed by atoms with Crippen LogP contribution in [-0.4, -0.2) is 28.5 Å². The van der Waals surface area contributed by atoms with E-state index in [-0.39, 0.29) is 0 Å². The van der Waals surface area contributed by atoms with E-state index in [0.29, 0.717) is 6.04 Å². The molecular weight excluding hydrogens is 286 g/mol. The molecule has 0 unspecified atom stereocenters. The zero-order chi connectivity index (χ0) is 14.5. The highest BCUT2D eigenvalue weighted by Gasteiger charge is 2.11. The number of hydrogen-bond donors (Lipinski definition) is 0. The number of likely N-dealkylation sites (N-methyl/N-ethyl adjacent to an activating group) is 1. The summed E-state index contributed by atoms with van der Waals surface area (Å²) < 4.78 is 11.4. The standard InChI is InChI=1S/C16H21NOS2/c1-13(10-15-8-9-19-12-15)17(2)11-14-4-6-16(7-5-14)20(3)18/h4-9,12-13H,10-11H2,1-3H3/t13-,20-/m0/s1. The van der Waals surface area contributed by atoms with Gasteiger partial charge in [0.25, 0.3) is 0 Å². The zero-order valence-corrected chi connectivity index (χ0v) is 13.8. The second-order valence-electron chi connectivity index (χ2n) is 5.20. The molecule has 1 aromatic carbocycles. The van der Waals surface area contributed by atoms with E-state index in [2.05, 4.69) is 47.8 Å². The summed E-state index contributed by atoms with van der Waals surface area (Å²) in [5.41, 5.74) is 2.67. The Labute approximate surface area is 127 Å². The molecule has 0 aliphatic heterocycles. The number of rotatable bonds is 6. The largest absolute Gasteiger partial charge is 0.299 e. The van der Waals surface area contributed by atoms with E-state index in [1.165, 1.54) is 11.1 Å². The predicted octanol–water partition coefficient (Wildman–Crippen LogP) is 3.55. The Kier molecular flexibility index (Phi) is 5.52. The normalized spacial score (nSPS) is 14.4. The highest BCUT2D eigenvalue weighted by molar-refractivity contribution is 7.84. The third-order valence-corrected chi connectivity index (χ3v) is 5.22. The lowest BCUT2D eigenvalue weighted by molar-refractivity contribution is 0.248. The highest BCUT2D eigenvalue weighted by atomic mass is 32.2. The van der Waals surface area contributed by atoms with E-state index < -0.39 is 10.8 Å². The summed E-state index contributed by atoms with van der Waals surface area (Å²) in [5, 5.41) is 4.35. The van der Waals surface area contributed by atoms with Crippen molar-refractivity contribution < 1.29 is 4.21 Å². The molecule has 0 N–H and O–H groups in total. The van der Waals surface area contributed by atoms with Crippen molar-refractivity contribution in [3.63, 3.8) is 0 Å². The quantitative estimate of drug-likeness (QED) is 0.813. The molecular formula is C16H21NOS2. The van der Waals surface area contributed by atoms with Crippen LogP contribution in [0.4, 0.5) is 0 Å². The summed E-state index contributed by atoms with van der Waals surface area (Å²) in [5.74, 6) is 0. The first kappa shape index (κ1) is 15.4. The average molecular weight is 307 g/mol. The van der Waals surface area contributed by atoms with Gasteiger partial charge in [0.1, 0.15) is 0 Å². The molecule has 2 nitrogen and oxygen atoms in total. The second kappa shape index (κ2) is 7.16. The van der Waals surface area contributed by atoms with Gasteiger partial charge < -0.3 is 0 Å². The maximum atomic E-state index is 11.4. The summed E-state index contributed by atoms with van der Waals surface area (Å²) >= 11 is 1.75. The molecule has 0 saturated carbocycles. The minimum Gasteiger partial charge on any atom is -0.299 e. The molecule has 0 aliphatic carbocycles. The number of nitrogens with zero attached hydrogens (tertiary/aromatic N) is 1. The molecule has 0 spiro atoms. The zero-order valence-electron chi connectivity index (χ0n) is 12.2. The molecule has 0 amide bonds. The van der Waals surface area contributed by atoms with Crippen molar-refractivity contribution in [3.8, 4) is 0 Å². The second-order valence-corrected chi connectivity index (χ2v) is 7.36. The first-order chi connectivity index (χ1) is 9.56. The van der Waals surface area contributed by atoms with Gasteiger partial charge >= 0.3 is 0 Å². The van der Waals surface area contributed by atoms with Crippen LogP contribution in [0.3, 0.4) is 0 Å². The van der Waals surface area contributed by atoms with Crippen LogP contribution in [0.5, 0.6) is 0 Å². The van der Waals surface area contributed by atoms with Gasteiger partial charge in [-0.05, 0) is 60.5 Å². The Balaban J connectivity index is 1.93. The molecule has 4 heteroatoms. The fourth-order valence-electron chi connectivity index (χ4n) is 2.14. The molecule has 20 heavy (non-hydrogen) atoms. The molecule has 0 fully saturated rings. The molecule has 0 bridgehead atoms. The van der Waals surface area contributed by atoms with Crippen LogP contribution in [0.1, 0.15) is 18.1 Å². The maximum absolute atomic E-state index is 11.4. The lowest BCUT2D eigenvalue weighted by Crippen LogP contribution is -2.30. The van der Waals surface area contributed by atoms with Crippen molar-refractivity contribution in [2.24, 2.45) is 0 Å². The fourth-order valence-corrected chi connectivity index (χ4v) is 3.34. The van der Waals surface area contributed by atoms with Crippen LogP contribution in [0, 0.1) is 0 Å². The van der Waals surface area contributed by atoms with Gasteiger partial charge in [0.15, 0.2) is 0 Å². The summed E-state index contributed by atoms with van der Waals surface area (Å²) in [7, 11) is 1.26. The molecule has 108 valence electrons.